The van der Waals surface area contributed by atoms with Gasteiger partial charge in [-0.15, -0.1) is 22.7 Å². The van der Waals surface area contributed by atoms with Crippen LogP contribution in [0.4, 0.5) is 0 Å². The molecule has 12 aromatic rings. The first-order valence-corrected chi connectivity index (χ1v) is 20.1. The number of hydrogen-bond acceptors (Lipinski definition) is 2. The standard InChI is InChI=1S/C52H30S2/c1-2-14-34-31(12-1)13-11-22-39(34)51-42-19-6-4-17-40(42)50(41-18-5-7-20-43(41)51)33-25-27-38-37-26-24-32(28-48(37)53-49(38)29-33)45-30-46-36-16-9-10-23-47(36)54-52(46)44-21-8-3-15-35(44)45/h1-30H. The van der Waals surface area contributed by atoms with E-state index in [0.29, 0.717) is 0 Å². The second-order valence-electron chi connectivity index (χ2n) is 14.3. The van der Waals surface area contributed by atoms with E-state index in [1.54, 1.807) is 0 Å². The fourth-order valence-corrected chi connectivity index (χ4v) is 11.5. The Hall–Kier alpha value is -6.32. The molecule has 250 valence electrons. The maximum absolute atomic E-state index is 2.43. The average molecular weight is 719 g/mol. The summed E-state index contributed by atoms with van der Waals surface area (Å²) in [5.41, 5.74) is 7.70. The molecule has 0 aliphatic carbocycles. The summed E-state index contributed by atoms with van der Waals surface area (Å²) in [5.74, 6) is 0. The van der Waals surface area contributed by atoms with Gasteiger partial charge in [0.15, 0.2) is 0 Å². The molecule has 0 N–H and O–H groups in total. The fraction of sp³-hybridized carbons (Fsp3) is 0. The van der Waals surface area contributed by atoms with Crippen molar-refractivity contribution in [3.63, 3.8) is 0 Å². The van der Waals surface area contributed by atoms with Crippen LogP contribution in [0, 0.1) is 0 Å². The molecule has 0 spiro atoms. The lowest BCUT2D eigenvalue weighted by Crippen LogP contribution is -1.91. The molecule has 2 heterocycles. The Labute approximate surface area is 319 Å². The maximum atomic E-state index is 2.43. The molecule has 10 aromatic carbocycles. The van der Waals surface area contributed by atoms with Crippen molar-refractivity contribution in [3.05, 3.63) is 182 Å². The molecular weight excluding hydrogens is 689 g/mol. The minimum Gasteiger partial charge on any atom is -0.135 e. The van der Waals surface area contributed by atoms with Crippen LogP contribution < -0.4 is 0 Å². The second kappa shape index (κ2) is 11.6. The van der Waals surface area contributed by atoms with Crippen molar-refractivity contribution in [3.8, 4) is 33.4 Å². The van der Waals surface area contributed by atoms with Crippen molar-refractivity contribution in [1.82, 2.24) is 0 Å². The van der Waals surface area contributed by atoms with E-state index in [1.807, 2.05) is 22.7 Å². The highest BCUT2D eigenvalue weighted by molar-refractivity contribution is 7.27. The summed E-state index contributed by atoms with van der Waals surface area (Å²) in [5, 5.41) is 15.6. The fourth-order valence-electron chi connectivity index (χ4n) is 9.06. The summed E-state index contributed by atoms with van der Waals surface area (Å²) in [6.07, 6.45) is 0. The van der Waals surface area contributed by atoms with E-state index in [9.17, 15) is 0 Å². The van der Waals surface area contributed by atoms with E-state index in [0.717, 1.165) is 0 Å². The lowest BCUT2D eigenvalue weighted by Gasteiger charge is -2.18. The van der Waals surface area contributed by atoms with Crippen molar-refractivity contribution >= 4 is 106 Å². The van der Waals surface area contributed by atoms with Gasteiger partial charge in [0.2, 0.25) is 0 Å². The molecule has 0 unspecified atom stereocenters. The van der Waals surface area contributed by atoms with Crippen LogP contribution in [-0.2, 0) is 0 Å². The second-order valence-corrected chi connectivity index (χ2v) is 16.5. The number of fused-ring (bicyclic) bond motifs is 11. The molecule has 0 atom stereocenters. The zero-order chi connectivity index (χ0) is 35.3. The highest BCUT2D eigenvalue weighted by Gasteiger charge is 2.19. The summed E-state index contributed by atoms with van der Waals surface area (Å²) in [6, 6.07) is 67.8. The molecule has 0 saturated carbocycles. The molecule has 0 saturated heterocycles. The van der Waals surface area contributed by atoms with Gasteiger partial charge in [0.25, 0.3) is 0 Å². The van der Waals surface area contributed by atoms with Crippen LogP contribution in [0.1, 0.15) is 0 Å². The highest BCUT2D eigenvalue weighted by Crippen LogP contribution is 2.48. The molecule has 12 rings (SSSR count). The van der Waals surface area contributed by atoms with Crippen molar-refractivity contribution in [2.75, 3.05) is 0 Å². The predicted octanol–water partition coefficient (Wildman–Crippen LogP) is 16.0. The molecule has 0 nitrogen and oxygen atoms in total. The topological polar surface area (TPSA) is 0 Å². The van der Waals surface area contributed by atoms with Gasteiger partial charge < -0.3 is 0 Å². The van der Waals surface area contributed by atoms with Crippen molar-refractivity contribution in [2.24, 2.45) is 0 Å². The summed E-state index contributed by atoms with van der Waals surface area (Å²) < 4.78 is 5.35. The van der Waals surface area contributed by atoms with Gasteiger partial charge in [-0.3, -0.25) is 0 Å². The molecule has 54 heavy (non-hydrogen) atoms. The van der Waals surface area contributed by atoms with Gasteiger partial charge in [0.05, 0.1) is 0 Å². The molecule has 2 aromatic heterocycles. The molecular formula is C52H30S2. The molecule has 0 aliphatic heterocycles. The van der Waals surface area contributed by atoms with Crippen LogP contribution in [0.5, 0.6) is 0 Å². The van der Waals surface area contributed by atoms with Crippen LogP contribution in [0.3, 0.4) is 0 Å². The van der Waals surface area contributed by atoms with E-state index in [-0.39, 0.29) is 0 Å². The maximum Gasteiger partial charge on any atom is 0.0434 e. The normalized spacial score (nSPS) is 12.1. The van der Waals surface area contributed by atoms with Gasteiger partial charge in [0.1, 0.15) is 0 Å². The summed E-state index contributed by atoms with van der Waals surface area (Å²) in [7, 11) is 0. The largest absolute Gasteiger partial charge is 0.135 e. The monoisotopic (exact) mass is 718 g/mol. The SMILES string of the molecule is c1ccc2c(-c3c4ccccc4c(-c4ccc5c(c4)sc4cc(-c6cc7c8ccccc8sc7c7ccccc67)ccc45)c4ccccc34)cccc2c1. The smallest absolute Gasteiger partial charge is 0.0434 e. The number of hydrogen-bond donors (Lipinski definition) is 0. The third-order valence-electron chi connectivity index (χ3n) is 11.4. The third-order valence-corrected chi connectivity index (χ3v) is 13.8. The van der Waals surface area contributed by atoms with Gasteiger partial charge in [-0.1, -0.05) is 158 Å². The van der Waals surface area contributed by atoms with Crippen LogP contribution in [0.2, 0.25) is 0 Å². The Kier molecular flexibility index (Phi) is 6.48. The molecule has 0 radical (unpaired) electrons. The molecule has 2 heteroatoms. The molecule has 0 fully saturated rings. The molecule has 0 aliphatic rings. The van der Waals surface area contributed by atoms with E-state index < -0.39 is 0 Å². The molecule has 0 amide bonds. The zero-order valence-corrected chi connectivity index (χ0v) is 30.8. The van der Waals surface area contributed by atoms with Gasteiger partial charge >= 0.3 is 0 Å². The Bertz CT molecular complexity index is 3440. The lowest BCUT2D eigenvalue weighted by molar-refractivity contribution is 1.69. The quantitative estimate of drug-likeness (QED) is 0.160. The lowest BCUT2D eigenvalue weighted by atomic mass is 9.84. The van der Waals surface area contributed by atoms with E-state index in [2.05, 4.69) is 182 Å². The van der Waals surface area contributed by atoms with Crippen LogP contribution in [0.15, 0.2) is 182 Å². The van der Waals surface area contributed by atoms with E-state index >= 15 is 0 Å². The summed E-state index contributed by atoms with van der Waals surface area (Å²) in [6.45, 7) is 0. The first kappa shape index (κ1) is 30.2. The number of thiophene rings is 2. The van der Waals surface area contributed by atoms with Crippen molar-refractivity contribution < 1.29 is 0 Å². The van der Waals surface area contributed by atoms with E-state index in [4.69, 9.17) is 0 Å². The van der Waals surface area contributed by atoms with Gasteiger partial charge in [-0.05, 0) is 95.3 Å². The third kappa shape index (κ3) is 4.36. The van der Waals surface area contributed by atoms with Crippen molar-refractivity contribution in [2.45, 2.75) is 0 Å². The Balaban J connectivity index is 1.06. The van der Waals surface area contributed by atoms with Crippen molar-refractivity contribution in [1.29, 1.82) is 0 Å². The summed E-state index contributed by atoms with van der Waals surface area (Å²) in [4.78, 5) is 0. The highest BCUT2D eigenvalue weighted by atomic mass is 32.1. The minimum atomic E-state index is 1.26. The molecule has 0 bridgehead atoms. The minimum absolute atomic E-state index is 1.26. The summed E-state index contributed by atoms with van der Waals surface area (Å²) >= 11 is 3.81. The Morgan fingerprint density at radius 2 is 0.778 bits per heavy atom. The number of rotatable bonds is 3. The van der Waals surface area contributed by atoms with E-state index in [1.165, 1.54) is 117 Å². The van der Waals surface area contributed by atoms with Crippen LogP contribution in [0.25, 0.3) is 117 Å². The first-order valence-electron chi connectivity index (χ1n) is 18.5. The number of benzene rings is 10. The Morgan fingerprint density at radius 1 is 0.259 bits per heavy atom. The zero-order valence-electron chi connectivity index (χ0n) is 29.1. The average Bonchev–Trinajstić information content (AvgIpc) is 3.80. The van der Waals surface area contributed by atoms with Crippen LogP contribution >= 0.6 is 22.7 Å². The van der Waals surface area contributed by atoms with Crippen LogP contribution in [-0.4, -0.2) is 0 Å². The predicted molar refractivity (Wildman–Crippen MR) is 239 cm³/mol. The van der Waals surface area contributed by atoms with Gasteiger partial charge in [-0.25, -0.2) is 0 Å². The Morgan fingerprint density at radius 3 is 1.50 bits per heavy atom. The van der Waals surface area contributed by atoms with Gasteiger partial charge in [-0.2, -0.15) is 0 Å². The first-order chi connectivity index (χ1) is 26.8. The van der Waals surface area contributed by atoms with Gasteiger partial charge in [0, 0.05) is 45.7 Å².